The van der Waals surface area contributed by atoms with Gasteiger partial charge in [-0.1, -0.05) is 54.1 Å². The van der Waals surface area contributed by atoms with Gasteiger partial charge in [0.15, 0.2) is 0 Å². The van der Waals surface area contributed by atoms with Crippen molar-refractivity contribution in [3.63, 3.8) is 0 Å². The van der Waals surface area contributed by atoms with Crippen molar-refractivity contribution in [2.24, 2.45) is 0 Å². The summed E-state index contributed by atoms with van der Waals surface area (Å²) in [6, 6.07) is 15.4. The van der Waals surface area contributed by atoms with Gasteiger partial charge in [-0.2, -0.15) is 8.78 Å². The van der Waals surface area contributed by atoms with Crippen molar-refractivity contribution in [1.82, 2.24) is 10.0 Å². The molecule has 0 unspecified atom stereocenters. The first-order valence-electron chi connectivity index (χ1n) is 14.1. The first kappa shape index (κ1) is 32.0. The van der Waals surface area contributed by atoms with E-state index in [2.05, 4.69) is 0 Å². The number of rotatable bonds is 10. The zero-order chi connectivity index (χ0) is 32.5. The number of hydrogen-bond acceptors (Lipinski definition) is 6. The average molecular weight is 658 g/mol. The Morgan fingerprint density at radius 2 is 1.60 bits per heavy atom. The van der Waals surface area contributed by atoms with Gasteiger partial charge < -0.3 is 19.7 Å². The highest BCUT2D eigenvalue weighted by Crippen LogP contribution is 2.46. The van der Waals surface area contributed by atoms with Crippen molar-refractivity contribution in [2.45, 2.75) is 38.1 Å². The molecule has 1 aliphatic heterocycles. The summed E-state index contributed by atoms with van der Waals surface area (Å²) >= 11 is 5.89. The molecule has 0 saturated carbocycles. The lowest BCUT2D eigenvalue weighted by Gasteiger charge is -2.22. The van der Waals surface area contributed by atoms with E-state index in [1.165, 1.54) is 47.4 Å². The highest BCUT2D eigenvalue weighted by atomic mass is 35.5. The van der Waals surface area contributed by atoms with Crippen molar-refractivity contribution < 1.29 is 36.3 Å². The normalized spacial score (nSPS) is 13.1. The summed E-state index contributed by atoms with van der Waals surface area (Å²) in [5.41, 5.74) is 1.40. The lowest BCUT2D eigenvalue weighted by atomic mass is 9.99. The van der Waals surface area contributed by atoms with Crippen LogP contribution in [-0.2, 0) is 22.5 Å². The molecule has 0 spiro atoms. The van der Waals surface area contributed by atoms with Crippen LogP contribution in [0.1, 0.15) is 40.9 Å². The summed E-state index contributed by atoms with van der Waals surface area (Å²) in [6.45, 7) is 4.95. The predicted octanol–water partition coefficient (Wildman–Crippen LogP) is 6.54. The van der Waals surface area contributed by atoms with Gasteiger partial charge in [0.1, 0.15) is 16.4 Å². The van der Waals surface area contributed by atoms with Crippen LogP contribution < -0.4 is 24.4 Å². The van der Waals surface area contributed by atoms with Gasteiger partial charge in [0.05, 0.1) is 36.9 Å². The molecule has 0 aliphatic carbocycles. The number of sulfonamides is 1. The van der Waals surface area contributed by atoms with Crippen LogP contribution in [0.2, 0.25) is 5.02 Å². The van der Waals surface area contributed by atoms with Gasteiger partial charge in [0.25, 0.3) is 21.9 Å². The summed E-state index contributed by atoms with van der Waals surface area (Å²) < 4.78 is 69.0. The molecule has 45 heavy (non-hydrogen) atoms. The minimum absolute atomic E-state index is 0.130. The molecule has 0 radical (unpaired) electrons. The number of carbonyl (C=O) groups excluding carboxylic acids is 2. The Balaban J connectivity index is 1.38. The number of aryl methyl sites for hydroxylation is 1. The number of urea groups is 1. The Kier molecular flexibility index (Phi) is 8.90. The van der Waals surface area contributed by atoms with Crippen LogP contribution in [0.4, 0.5) is 19.3 Å². The molecule has 0 aromatic heterocycles. The van der Waals surface area contributed by atoms with Gasteiger partial charge in [-0.05, 0) is 50.6 Å². The number of nitrogens with one attached hydrogen (secondary N) is 2. The summed E-state index contributed by atoms with van der Waals surface area (Å²) in [6.07, 6.45) is 0. The van der Waals surface area contributed by atoms with Gasteiger partial charge in [-0.3, -0.25) is 4.79 Å². The Hall–Kier alpha value is -4.42. The van der Waals surface area contributed by atoms with Crippen molar-refractivity contribution >= 4 is 50.0 Å². The van der Waals surface area contributed by atoms with Crippen molar-refractivity contribution in [3.05, 3.63) is 94.0 Å². The number of fused-ring (bicyclic) bond motifs is 2. The largest absolute Gasteiger partial charge is 0.493 e. The van der Waals surface area contributed by atoms with E-state index in [1.807, 2.05) is 43.4 Å². The summed E-state index contributed by atoms with van der Waals surface area (Å²) in [7, 11) is -4.39. The van der Waals surface area contributed by atoms with Crippen LogP contribution in [0.15, 0.2) is 71.6 Å². The standard InChI is InChI=1S/C32H30ClF2N3O6S/c1-4-43-28-21-10-6-7-11-22(21)29(44-5-2)27-23(28)17-38(30(27)39)25-15-14-20(16-19(25)3)32(34,35)18-36-31(40)37-45(41,42)26-13-9-8-12-24(26)33/h6-16H,4-5,17-18H2,1-3H3,(H2,36,37,40). The van der Waals surface area contributed by atoms with Gasteiger partial charge in [-0.15, -0.1) is 0 Å². The lowest BCUT2D eigenvalue weighted by molar-refractivity contribution is -0.000382. The summed E-state index contributed by atoms with van der Waals surface area (Å²) in [5.74, 6) is -2.90. The Bertz CT molecular complexity index is 1920. The third-order valence-corrected chi connectivity index (χ3v) is 9.14. The number of alkyl halides is 2. The number of hydrogen-bond donors (Lipinski definition) is 2. The van der Waals surface area contributed by atoms with Crippen LogP contribution in [-0.4, -0.2) is 40.1 Å². The van der Waals surface area contributed by atoms with E-state index in [0.717, 1.165) is 10.8 Å². The predicted molar refractivity (Wildman–Crippen MR) is 167 cm³/mol. The molecule has 9 nitrogen and oxygen atoms in total. The molecular weight excluding hydrogens is 628 g/mol. The minimum atomic E-state index is -4.39. The molecule has 3 amide bonds. The molecule has 5 rings (SSSR count). The topological polar surface area (TPSA) is 114 Å². The van der Waals surface area contributed by atoms with Crippen molar-refractivity contribution in [1.29, 1.82) is 0 Å². The Morgan fingerprint density at radius 3 is 2.24 bits per heavy atom. The van der Waals surface area contributed by atoms with E-state index in [-0.39, 0.29) is 22.4 Å². The molecule has 4 aromatic carbocycles. The van der Waals surface area contributed by atoms with Gasteiger partial charge in [0.2, 0.25) is 0 Å². The molecule has 1 aliphatic rings. The second-order valence-electron chi connectivity index (χ2n) is 10.2. The van der Waals surface area contributed by atoms with E-state index >= 15 is 8.78 Å². The monoisotopic (exact) mass is 657 g/mol. The summed E-state index contributed by atoms with van der Waals surface area (Å²) in [4.78, 5) is 27.3. The van der Waals surface area contributed by atoms with E-state index in [0.29, 0.717) is 47.1 Å². The lowest BCUT2D eigenvalue weighted by Crippen LogP contribution is -2.43. The molecular formula is C32H30ClF2N3O6S. The minimum Gasteiger partial charge on any atom is -0.493 e. The molecule has 0 saturated heterocycles. The molecule has 0 fully saturated rings. The summed E-state index contributed by atoms with van der Waals surface area (Å²) in [5, 5.41) is 3.32. The van der Waals surface area contributed by atoms with Gasteiger partial charge in [0, 0.05) is 27.6 Å². The van der Waals surface area contributed by atoms with Crippen molar-refractivity contribution in [2.75, 3.05) is 24.7 Å². The molecule has 13 heteroatoms. The van der Waals surface area contributed by atoms with Crippen LogP contribution in [0, 0.1) is 6.92 Å². The second kappa shape index (κ2) is 12.5. The Labute approximate surface area is 264 Å². The number of halogens is 3. The van der Waals surface area contributed by atoms with Crippen molar-refractivity contribution in [3.8, 4) is 11.5 Å². The van der Waals surface area contributed by atoms with Gasteiger partial charge >= 0.3 is 6.03 Å². The zero-order valence-corrected chi connectivity index (χ0v) is 26.2. The van der Waals surface area contributed by atoms with Crippen LogP contribution >= 0.6 is 11.6 Å². The maximum absolute atomic E-state index is 15.2. The number of ether oxygens (including phenoxy) is 2. The number of benzene rings is 4. The first-order chi connectivity index (χ1) is 21.4. The molecule has 1 heterocycles. The highest BCUT2D eigenvalue weighted by molar-refractivity contribution is 7.90. The SMILES string of the molecule is CCOc1c2c(c(OCC)c3ccccc13)C(=O)N(c1ccc(C(F)(F)CNC(=O)NS(=O)(=O)c3ccccc3Cl)cc1C)C2. The van der Waals surface area contributed by atoms with E-state index in [9.17, 15) is 18.0 Å². The van der Waals surface area contributed by atoms with E-state index < -0.39 is 34.1 Å². The Morgan fingerprint density at radius 1 is 0.978 bits per heavy atom. The van der Waals surface area contributed by atoms with Crippen LogP contribution in [0.5, 0.6) is 11.5 Å². The fourth-order valence-electron chi connectivity index (χ4n) is 5.32. The maximum Gasteiger partial charge on any atom is 0.328 e. The molecule has 236 valence electrons. The van der Waals surface area contributed by atoms with Gasteiger partial charge in [-0.25, -0.2) is 17.9 Å². The number of anilines is 1. The fourth-order valence-corrected chi connectivity index (χ4v) is 6.77. The zero-order valence-electron chi connectivity index (χ0n) is 24.6. The maximum atomic E-state index is 15.2. The van der Waals surface area contributed by atoms with E-state index in [4.69, 9.17) is 21.1 Å². The van der Waals surface area contributed by atoms with E-state index in [1.54, 1.807) is 11.6 Å². The molecule has 0 atom stereocenters. The van der Waals surface area contributed by atoms with Crippen LogP contribution in [0.3, 0.4) is 0 Å². The fraction of sp³-hybridized carbons (Fsp3) is 0.250. The smallest absolute Gasteiger partial charge is 0.328 e. The quantitative estimate of drug-likeness (QED) is 0.200. The number of nitrogens with zero attached hydrogens (tertiary/aromatic N) is 1. The molecule has 0 bridgehead atoms. The number of amides is 3. The second-order valence-corrected chi connectivity index (χ2v) is 12.3. The third kappa shape index (κ3) is 6.12. The first-order valence-corrected chi connectivity index (χ1v) is 15.9. The third-order valence-electron chi connectivity index (χ3n) is 7.31. The average Bonchev–Trinajstić information content (AvgIpc) is 3.34. The highest BCUT2D eigenvalue weighted by Gasteiger charge is 2.38. The molecule has 4 aromatic rings. The number of carbonyl (C=O) groups is 2. The molecule has 2 N–H and O–H groups in total. The van der Waals surface area contributed by atoms with Crippen LogP contribution in [0.25, 0.3) is 10.8 Å².